The number of ether oxygens (including phenoxy) is 2. The van der Waals surface area contributed by atoms with Crippen molar-refractivity contribution in [2.75, 3.05) is 27.4 Å². The normalized spacial score (nSPS) is 11.8. The van der Waals surface area contributed by atoms with Gasteiger partial charge >= 0.3 is 0 Å². The lowest BCUT2D eigenvalue weighted by Gasteiger charge is -2.11. The van der Waals surface area contributed by atoms with Crippen molar-refractivity contribution in [3.05, 3.63) is 29.0 Å². The topological polar surface area (TPSA) is 85.6 Å². The Bertz CT molecular complexity index is 783. The lowest BCUT2D eigenvalue weighted by molar-refractivity contribution is 0.0944. The second-order valence-electron chi connectivity index (χ2n) is 5.67. The van der Waals surface area contributed by atoms with E-state index in [0.29, 0.717) is 36.6 Å². The molecule has 1 amide bonds. The minimum atomic E-state index is -0.216. The second-order valence-corrected chi connectivity index (χ2v) is 5.67. The summed E-state index contributed by atoms with van der Waals surface area (Å²) in [6.45, 7) is 0.473. The van der Waals surface area contributed by atoms with Gasteiger partial charge in [0.1, 0.15) is 0 Å². The van der Waals surface area contributed by atoms with E-state index in [1.165, 1.54) is 0 Å². The van der Waals surface area contributed by atoms with Gasteiger partial charge < -0.3 is 19.9 Å². The van der Waals surface area contributed by atoms with Gasteiger partial charge in [-0.25, -0.2) is 0 Å². The largest absolute Gasteiger partial charge is 0.493 e. The summed E-state index contributed by atoms with van der Waals surface area (Å²) in [6, 6.07) is 3.87. The van der Waals surface area contributed by atoms with Gasteiger partial charge in [0.2, 0.25) is 0 Å². The molecule has 1 heterocycles. The molecule has 0 unspecified atom stereocenters. The summed E-state index contributed by atoms with van der Waals surface area (Å²) in [5.74, 6) is 1.11. The minimum absolute atomic E-state index is 0.0473. The predicted octanol–water partition coefficient (Wildman–Crippen LogP) is 1.12. The fourth-order valence-electron chi connectivity index (χ4n) is 3.10. The van der Waals surface area contributed by atoms with Crippen molar-refractivity contribution in [1.29, 1.82) is 0 Å². The van der Waals surface area contributed by atoms with Gasteiger partial charge in [-0.1, -0.05) is 0 Å². The van der Waals surface area contributed by atoms with Crippen LogP contribution in [0.25, 0.3) is 11.3 Å². The standard InChI is InChI=1S/C17H21N3O4/c1-20-16-11-9-14(24-3)13(23-2)8-10(11)7-12(16)15(19-20)17(22)18-5-4-6-21/h8-9,21H,4-7H2,1-3H3,(H,18,22). The van der Waals surface area contributed by atoms with E-state index in [0.717, 1.165) is 22.4 Å². The number of carbonyl (C=O) groups excluding carboxylic acids is 1. The molecule has 0 aliphatic heterocycles. The molecule has 2 aromatic rings. The third-order valence-corrected chi connectivity index (χ3v) is 4.21. The van der Waals surface area contributed by atoms with Crippen LogP contribution in [-0.4, -0.2) is 48.2 Å². The quantitative estimate of drug-likeness (QED) is 0.661. The van der Waals surface area contributed by atoms with Crippen molar-refractivity contribution in [1.82, 2.24) is 15.1 Å². The van der Waals surface area contributed by atoms with Crippen LogP contribution >= 0.6 is 0 Å². The highest BCUT2D eigenvalue weighted by atomic mass is 16.5. The third kappa shape index (κ3) is 2.60. The van der Waals surface area contributed by atoms with Gasteiger partial charge in [0.15, 0.2) is 17.2 Å². The lowest BCUT2D eigenvalue weighted by Crippen LogP contribution is -2.26. The van der Waals surface area contributed by atoms with Gasteiger partial charge in [0.25, 0.3) is 5.91 Å². The Morgan fingerprint density at radius 2 is 2.04 bits per heavy atom. The number of aliphatic hydroxyl groups excluding tert-OH is 1. The molecule has 128 valence electrons. The number of benzene rings is 1. The number of fused-ring (bicyclic) bond motifs is 3. The molecule has 0 radical (unpaired) electrons. The van der Waals surface area contributed by atoms with Gasteiger partial charge in [-0.05, 0) is 24.1 Å². The molecule has 7 heteroatoms. The first kappa shape index (κ1) is 16.3. The molecular formula is C17H21N3O4. The number of methoxy groups -OCH3 is 2. The summed E-state index contributed by atoms with van der Waals surface area (Å²) in [5, 5.41) is 16.0. The van der Waals surface area contributed by atoms with Gasteiger partial charge in [-0.15, -0.1) is 0 Å². The summed E-state index contributed by atoms with van der Waals surface area (Å²) in [7, 11) is 5.03. The molecule has 0 bridgehead atoms. The number of aliphatic hydroxyl groups is 1. The summed E-state index contributed by atoms with van der Waals surface area (Å²) in [6.07, 6.45) is 1.15. The zero-order valence-electron chi connectivity index (χ0n) is 14.0. The van der Waals surface area contributed by atoms with E-state index in [2.05, 4.69) is 10.4 Å². The van der Waals surface area contributed by atoms with E-state index in [9.17, 15) is 4.79 Å². The molecule has 1 aromatic carbocycles. The van der Waals surface area contributed by atoms with Crippen LogP contribution < -0.4 is 14.8 Å². The number of amides is 1. The van der Waals surface area contributed by atoms with Gasteiger partial charge in [0.05, 0.1) is 19.9 Å². The van der Waals surface area contributed by atoms with Crippen molar-refractivity contribution in [2.45, 2.75) is 12.8 Å². The molecule has 0 saturated carbocycles. The molecule has 3 rings (SSSR count). The maximum absolute atomic E-state index is 12.4. The van der Waals surface area contributed by atoms with Crippen LogP contribution in [0.1, 0.15) is 28.0 Å². The van der Waals surface area contributed by atoms with Crippen LogP contribution in [0.4, 0.5) is 0 Å². The Hall–Kier alpha value is -2.54. The number of nitrogens with zero attached hydrogens (tertiary/aromatic N) is 2. The predicted molar refractivity (Wildman–Crippen MR) is 88.6 cm³/mol. The van der Waals surface area contributed by atoms with Crippen LogP contribution in [0.2, 0.25) is 0 Å². The first-order chi connectivity index (χ1) is 11.6. The Kier molecular flexibility index (Phi) is 4.44. The zero-order chi connectivity index (χ0) is 17.3. The third-order valence-electron chi connectivity index (χ3n) is 4.21. The van der Waals surface area contributed by atoms with E-state index in [4.69, 9.17) is 14.6 Å². The molecular weight excluding hydrogens is 310 g/mol. The van der Waals surface area contributed by atoms with Crippen molar-refractivity contribution >= 4 is 5.91 Å². The van der Waals surface area contributed by atoms with Crippen LogP contribution in [-0.2, 0) is 13.5 Å². The number of aryl methyl sites for hydroxylation is 1. The van der Waals surface area contributed by atoms with Crippen molar-refractivity contribution in [2.24, 2.45) is 7.05 Å². The number of rotatable bonds is 6. The van der Waals surface area contributed by atoms with Crippen molar-refractivity contribution in [3.8, 4) is 22.8 Å². The average Bonchev–Trinajstić information content (AvgIpc) is 3.10. The summed E-state index contributed by atoms with van der Waals surface area (Å²) in [4.78, 5) is 12.4. The van der Waals surface area contributed by atoms with Crippen molar-refractivity contribution < 1.29 is 19.4 Å². The van der Waals surface area contributed by atoms with Crippen LogP contribution in [0.5, 0.6) is 11.5 Å². The first-order valence-corrected chi connectivity index (χ1v) is 7.80. The van der Waals surface area contributed by atoms with E-state index >= 15 is 0 Å². The molecule has 7 nitrogen and oxygen atoms in total. The molecule has 1 aliphatic carbocycles. The Morgan fingerprint density at radius 1 is 1.33 bits per heavy atom. The van der Waals surface area contributed by atoms with E-state index in [-0.39, 0.29) is 12.5 Å². The summed E-state index contributed by atoms with van der Waals surface area (Å²) in [5.41, 5.74) is 4.36. The first-order valence-electron chi connectivity index (χ1n) is 7.80. The molecule has 1 aliphatic rings. The minimum Gasteiger partial charge on any atom is -0.493 e. The number of aromatic nitrogens is 2. The molecule has 0 saturated heterocycles. The van der Waals surface area contributed by atoms with Gasteiger partial charge in [-0.2, -0.15) is 5.10 Å². The van der Waals surface area contributed by atoms with Crippen LogP contribution in [0.3, 0.4) is 0 Å². The van der Waals surface area contributed by atoms with Crippen LogP contribution in [0, 0.1) is 0 Å². The maximum atomic E-state index is 12.4. The smallest absolute Gasteiger partial charge is 0.272 e. The van der Waals surface area contributed by atoms with Crippen LogP contribution in [0.15, 0.2) is 12.1 Å². The highest BCUT2D eigenvalue weighted by Gasteiger charge is 2.30. The second kappa shape index (κ2) is 6.52. The molecule has 24 heavy (non-hydrogen) atoms. The maximum Gasteiger partial charge on any atom is 0.272 e. The zero-order valence-corrected chi connectivity index (χ0v) is 14.0. The number of hydrogen-bond acceptors (Lipinski definition) is 5. The molecule has 1 aromatic heterocycles. The Balaban J connectivity index is 1.98. The Labute approximate surface area is 140 Å². The number of hydrogen-bond donors (Lipinski definition) is 2. The van der Waals surface area contributed by atoms with E-state index < -0.39 is 0 Å². The lowest BCUT2D eigenvalue weighted by atomic mass is 10.1. The highest BCUT2D eigenvalue weighted by molar-refractivity contribution is 5.97. The monoisotopic (exact) mass is 331 g/mol. The van der Waals surface area contributed by atoms with E-state index in [1.807, 2.05) is 19.2 Å². The van der Waals surface area contributed by atoms with Gasteiger partial charge in [0, 0.05) is 37.7 Å². The fourth-order valence-corrected chi connectivity index (χ4v) is 3.10. The summed E-state index contributed by atoms with van der Waals surface area (Å²) < 4.78 is 12.5. The van der Waals surface area contributed by atoms with Crippen molar-refractivity contribution in [3.63, 3.8) is 0 Å². The number of nitrogens with one attached hydrogen (secondary N) is 1. The molecule has 0 fully saturated rings. The SMILES string of the molecule is COc1cc2c(cc1OC)-c1c(c(C(=O)NCCCO)nn1C)C2. The average molecular weight is 331 g/mol. The molecule has 2 N–H and O–H groups in total. The van der Waals surface area contributed by atoms with Gasteiger partial charge in [-0.3, -0.25) is 9.48 Å². The molecule has 0 atom stereocenters. The highest BCUT2D eigenvalue weighted by Crippen LogP contribution is 2.43. The summed E-state index contributed by atoms with van der Waals surface area (Å²) >= 11 is 0. The molecule has 0 spiro atoms. The fraction of sp³-hybridized carbons (Fsp3) is 0.412. The number of carbonyl (C=O) groups is 1. The Morgan fingerprint density at radius 3 is 2.71 bits per heavy atom. The van der Waals surface area contributed by atoms with E-state index in [1.54, 1.807) is 18.9 Å².